The second-order valence-corrected chi connectivity index (χ2v) is 6.60. The average Bonchev–Trinajstić information content (AvgIpc) is 2.66. The first kappa shape index (κ1) is 20.1. The molecule has 3 aromatic rings. The molecule has 8 heteroatoms. The van der Waals surface area contributed by atoms with Gasteiger partial charge in [-0.3, -0.25) is 0 Å². The molecule has 0 fully saturated rings. The molecule has 0 aliphatic heterocycles. The molecular formula is C21H23N5O3. The molecule has 1 aromatic heterocycles. The second kappa shape index (κ2) is 9.01. The van der Waals surface area contributed by atoms with Crippen LogP contribution in [0.25, 0.3) is 0 Å². The Morgan fingerprint density at radius 3 is 2.41 bits per heavy atom. The highest BCUT2D eigenvalue weighted by atomic mass is 16.6. The monoisotopic (exact) mass is 393 g/mol. The number of hydrogen-bond acceptors (Lipinski definition) is 8. The van der Waals surface area contributed by atoms with Crippen molar-refractivity contribution >= 4 is 23.6 Å². The summed E-state index contributed by atoms with van der Waals surface area (Å²) in [6.07, 6.45) is 0. The fraction of sp³-hybridized carbons (Fsp3) is 0.238. The number of anilines is 3. The Hall–Kier alpha value is -3.68. The fourth-order valence-corrected chi connectivity index (χ4v) is 2.92. The SMILES string of the molecule is Cc1cc(C)c(OCC(=O)OCc2nc(N)nc(Nc3ccccc3)n2)c(C)c1. The minimum atomic E-state index is -0.527. The molecule has 3 N–H and O–H groups in total. The number of para-hydroxylation sites is 1. The van der Waals surface area contributed by atoms with Crippen LogP contribution in [0.2, 0.25) is 0 Å². The first-order valence-corrected chi connectivity index (χ1v) is 9.09. The molecule has 0 amide bonds. The fourth-order valence-electron chi connectivity index (χ4n) is 2.92. The Morgan fingerprint density at radius 1 is 1.03 bits per heavy atom. The van der Waals surface area contributed by atoms with Crippen molar-refractivity contribution in [3.8, 4) is 5.75 Å². The van der Waals surface area contributed by atoms with Crippen molar-refractivity contribution in [2.45, 2.75) is 27.4 Å². The predicted octanol–water partition coefficient (Wildman–Crippen LogP) is 3.24. The van der Waals surface area contributed by atoms with Gasteiger partial charge in [0.15, 0.2) is 19.0 Å². The molecule has 0 bridgehead atoms. The summed E-state index contributed by atoms with van der Waals surface area (Å²) in [6.45, 7) is 5.55. The molecule has 0 aliphatic rings. The average molecular weight is 393 g/mol. The molecule has 0 radical (unpaired) electrons. The van der Waals surface area contributed by atoms with Crippen molar-refractivity contribution in [3.05, 3.63) is 65.0 Å². The van der Waals surface area contributed by atoms with E-state index < -0.39 is 5.97 Å². The van der Waals surface area contributed by atoms with Crippen LogP contribution in [-0.2, 0) is 16.1 Å². The van der Waals surface area contributed by atoms with Crippen LogP contribution in [0.5, 0.6) is 5.75 Å². The number of aromatic nitrogens is 3. The van der Waals surface area contributed by atoms with E-state index in [4.69, 9.17) is 15.2 Å². The number of nitrogens with two attached hydrogens (primary N) is 1. The first-order chi connectivity index (χ1) is 13.9. The Morgan fingerprint density at radius 2 is 1.72 bits per heavy atom. The highest BCUT2D eigenvalue weighted by molar-refractivity contribution is 5.71. The van der Waals surface area contributed by atoms with Gasteiger partial charge in [0, 0.05) is 5.69 Å². The Bertz CT molecular complexity index is 985. The standard InChI is InChI=1S/C21H23N5O3/c1-13-9-14(2)19(15(3)10-13)29-12-18(27)28-11-17-24-20(22)26-21(25-17)23-16-7-5-4-6-8-16/h4-10H,11-12H2,1-3H3,(H3,22,23,24,25,26). The lowest BCUT2D eigenvalue weighted by atomic mass is 10.1. The van der Waals surface area contributed by atoms with Crippen LogP contribution in [-0.4, -0.2) is 27.5 Å². The lowest BCUT2D eigenvalue weighted by molar-refractivity contribution is -0.147. The Balaban J connectivity index is 1.57. The van der Waals surface area contributed by atoms with Crippen LogP contribution in [0.1, 0.15) is 22.5 Å². The van der Waals surface area contributed by atoms with Crippen LogP contribution in [0, 0.1) is 20.8 Å². The quantitative estimate of drug-likeness (QED) is 0.588. The van der Waals surface area contributed by atoms with Gasteiger partial charge in [0.05, 0.1) is 0 Å². The van der Waals surface area contributed by atoms with Gasteiger partial charge in [-0.1, -0.05) is 35.9 Å². The number of benzene rings is 2. The van der Waals surface area contributed by atoms with Gasteiger partial charge in [0.1, 0.15) is 5.75 Å². The van der Waals surface area contributed by atoms with E-state index in [1.54, 1.807) is 0 Å². The lowest BCUT2D eigenvalue weighted by Crippen LogP contribution is -2.17. The van der Waals surface area contributed by atoms with Crippen LogP contribution in [0.4, 0.5) is 17.6 Å². The number of nitrogen functional groups attached to an aromatic ring is 1. The molecule has 0 spiro atoms. The van der Waals surface area contributed by atoms with Gasteiger partial charge in [0.25, 0.3) is 0 Å². The highest BCUT2D eigenvalue weighted by Crippen LogP contribution is 2.24. The molecule has 150 valence electrons. The van der Waals surface area contributed by atoms with E-state index in [1.165, 1.54) is 0 Å². The summed E-state index contributed by atoms with van der Waals surface area (Å²) < 4.78 is 10.8. The van der Waals surface area contributed by atoms with Gasteiger partial charge in [0.2, 0.25) is 11.9 Å². The molecule has 1 heterocycles. The van der Waals surface area contributed by atoms with Crippen molar-refractivity contribution in [2.24, 2.45) is 0 Å². The number of aryl methyl sites for hydroxylation is 3. The van der Waals surface area contributed by atoms with Crippen LogP contribution in [0.15, 0.2) is 42.5 Å². The lowest BCUT2D eigenvalue weighted by Gasteiger charge is -2.13. The van der Waals surface area contributed by atoms with Crippen LogP contribution in [0.3, 0.4) is 0 Å². The van der Waals surface area contributed by atoms with E-state index in [0.717, 1.165) is 22.4 Å². The summed E-state index contributed by atoms with van der Waals surface area (Å²) in [6, 6.07) is 13.4. The molecule has 0 unspecified atom stereocenters. The van der Waals surface area contributed by atoms with Gasteiger partial charge < -0.3 is 20.5 Å². The van der Waals surface area contributed by atoms with E-state index in [-0.39, 0.29) is 30.9 Å². The summed E-state index contributed by atoms with van der Waals surface area (Å²) >= 11 is 0. The molecule has 0 saturated heterocycles. The maximum Gasteiger partial charge on any atom is 0.344 e. The van der Waals surface area contributed by atoms with E-state index >= 15 is 0 Å². The summed E-state index contributed by atoms with van der Waals surface area (Å²) in [4.78, 5) is 24.3. The molecule has 29 heavy (non-hydrogen) atoms. The minimum Gasteiger partial charge on any atom is -0.481 e. The topological polar surface area (TPSA) is 112 Å². The van der Waals surface area contributed by atoms with Crippen molar-refractivity contribution in [1.82, 2.24) is 15.0 Å². The van der Waals surface area contributed by atoms with Gasteiger partial charge in [-0.05, 0) is 44.0 Å². The third-order valence-corrected chi connectivity index (χ3v) is 4.03. The number of rotatable bonds is 7. The molecule has 3 rings (SSSR count). The number of ether oxygens (including phenoxy) is 2. The molecule has 0 atom stereocenters. The summed E-state index contributed by atoms with van der Waals surface area (Å²) in [7, 11) is 0. The molecule has 0 aliphatic carbocycles. The van der Waals surface area contributed by atoms with Gasteiger partial charge in [-0.25, -0.2) is 4.79 Å². The minimum absolute atomic E-state index is 0.0339. The number of nitrogens with one attached hydrogen (secondary N) is 1. The van der Waals surface area contributed by atoms with Gasteiger partial charge in [-0.2, -0.15) is 15.0 Å². The third kappa shape index (κ3) is 5.65. The highest BCUT2D eigenvalue weighted by Gasteiger charge is 2.11. The number of carbonyl (C=O) groups is 1. The van der Waals surface area contributed by atoms with Crippen LogP contribution >= 0.6 is 0 Å². The zero-order chi connectivity index (χ0) is 20.8. The van der Waals surface area contributed by atoms with Crippen LogP contribution < -0.4 is 15.8 Å². The van der Waals surface area contributed by atoms with Gasteiger partial charge >= 0.3 is 5.97 Å². The van der Waals surface area contributed by atoms with Crippen molar-refractivity contribution < 1.29 is 14.3 Å². The van der Waals surface area contributed by atoms with Gasteiger partial charge in [-0.15, -0.1) is 0 Å². The number of esters is 1. The molecule has 2 aromatic carbocycles. The second-order valence-electron chi connectivity index (χ2n) is 6.60. The third-order valence-electron chi connectivity index (χ3n) is 4.03. The zero-order valence-corrected chi connectivity index (χ0v) is 16.6. The Labute approximate surface area is 169 Å². The summed E-state index contributed by atoms with van der Waals surface area (Å²) in [5.41, 5.74) is 9.62. The predicted molar refractivity (Wildman–Crippen MR) is 110 cm³/mol. The van der Waals surface area contributed by atoms with Crippen molar-refractivity contribution in [3.63, 3.8) is 0 Å². The zero-order valence-electron chi connectivity index (χ0n) is 16.6. The van der Waals surface area contributed by atoms with Crippen molar-refractivity contribution in [1.29, 1.82) is 0 Å². The summed E-state index contributed by atoms with van der Waals surface area (Å²) in [5.74, 6) is 0.711. The van der Waals surface area contributed by atoms with E-state index in [2.05, 4.69) is 20.3 Å². The smallest absolute Gasteiger partial charge is 0.344 e. The first-order valence-electron chi connectivity index (χ1n) is 9.09. The Kier molecular flexibility index (Phi) is 6.23. The van der Waals surface area contributed by atoms with E-state index in [9.17, 15) is 4.79 Å². The maximum atomic E-state index is 12.1. The maximum absolute atomic E-state index is 12.1. The molecular weight excluding hydrogens is 370 g/mol. The van der Waals surface area contributed by atoms with Crippen molar-refractivity contribution in [2.75, 3.05) is 17.7 Å². The largest absolute Gasteiger partial charge is 0.481 e. The van der Waals surface area contributed by atoms with E-state index in [0.29, 0.717) is 5.75 Å². The number of carbonyl (C=O) groups excluding carboxylic acids is 1. The number of hydrogen-bond donors (Lipinski definition) is 2. The molecule has 0 saturated carbocycles. The normalized spacial score (nSPS) is 10.4. The number of nitrogens with zero attached hydrogens (tertiary/aromatic N) is 3. The van der Waals surface area contributed by atoms with E-state index in [1.807, 2.05) is 63.2 Å². The molecule has 8 nitrogen and oxygen atoms in total. The summed E-state index contributed by atoms with van der Waals surface area (Å²) in [5, 5.41) is 3.03.